The Morgan fingerprint density at radius 1 is 1.56 bits per heavy atom. The van der Waals surface area contributed by atoms with E-state index in [1.165, 1.54) is 13.1 Å². The highest BCUT2D eigenvalue weighted by molar-refractivity contribution is 7.89. The molecule has 1 aromatic heterocycles. The van der Waals surface area contributed by atoms with Crippen LogP contribution >= 0.6 is 0 Å². The molecule has 0 aromatic carbocycles. The van der Waals surface area contributed by atoms with E-state index < -0.39 is 10.0 Å². The van der Waals surface area contributed by atoms with E-state index in [-0.39, 0.29) is 11.6 Å². The zero-order chi connectivity index (χ0) is 12.2. The highest BCUT2D eigenvalue weighted by Crippen LogP contribution is 2.17. The number of sulfonamides is 1. The minimum absolute atomic E-state index is 0.0182. The van der Waals surface area contributed by atoms with Gasteiger partial charge in [0.15, 0.2) is 0 Å². The van der Waals surface area contributed by atoms with Gasteiger partial charge >= 0.3 is 0 Å². The second-order valence-electron chi connectivity index (χ2n) is 3.22. The van der Waals surface area contributed by atoms with Crippen molar-refractivity contribution in [3.8, 4) is 12.3 Å². The highest BCUT2D eigenvalue weighted by Gasteiger charge is 2.23. The van der Waals surface area contributed by atoms with Crippen molar-refractivity contribution in [2.24, 2.45) is 0 Å². The molecule has 0 radical (unpaired) electrons. The third kappa shape index (κ3) is 2.64. The van der Waals surface area contributed by atoms with Crippen LogP contribution in [-0.4, -0.2) is 33.4 Å². The molecule has 88 valence electrons. The lowest BCUT2D eigenvalue weighted by molar-refractivity contribution is 0.390. The van der Waals surface area contributed by atoms with Crippen LogP contribution in [0.2, 0.25) is 0 Å². The van der Waals surface area contributed by atoms with Crippen molar-refractivity contribution < 1.29 is 12.8 Å². The molecule has 1 heterocycles. The monoisotopic (exact) mass is 242 g/mol. The Hall–Kier alpha value is -1.29. The van der Waals surface area contributed by atoms with Gasteiger partial charge in [-0.05, 0) is 19.2 Å². The van der Waals surface area contributed by atoms with Gasteiger partial charge in [-0.1, -0.05) is 5.92 Å². The molecule has 6 heteroatoms. The zero-order valence-electron chi connectivity index (χ0n) is 9.23. The van der Waals surface area contributed by atoms with E-state index in [1.807, 2.05) is 0 Å². The number of hydrogen-bond donors (Lipinski definition) is 1. The number of terminal acetylenes is 1. The Morgan fingerprint density at radius 2 is 2.25 bits per heavy atom. The molecule has 0 atom stereocenters. The van der Waals surface area contributed by atoms with E-state index >= 15 is 0 Å². The normalized spacial score (nSPS) is 11.6. The van der Waals surface area contributed by atoms with E-state index in [1.54, 1.807) is 13.1 Å². The molecule has 5 nitrogen and oxygen atoms in total. The number of rotatable bonds is 5. The van der Waals surface area contributed by atoms with Gasteiger partial charge in [-0.3, -0.25) is 0 Å². The lowest BCUT2D eigenvalue weighted by atomic mass is 10.4. The third-order valence-corrected chi connectivity index (χ3v) is 3.64. The molecule has 0 aliphatic heterocycles. The molecule has 0 saturated heterocycles. The average Bonchev–Trinajstić information content (AvgIpc) is 2.68. The first kappa shape index (κ1) is 12.8. The summed E-state index contributed by atoms with van der Waals surface area (Å²) in [4.78, 5) is 0. The molecule has 0 fully saturated rings. The van der Waals surface area contributed by atoms with Gasteiger partial charge in [0.05, 0.1) is 13.1 Å². The number of hydrogen-bond acceptors (Lipinski definition) is 4. The highest BCUT2D eigenvalue weighted by atomic mass is 32.2. The van der Waals surface area contributed by atoms with Crippen LogP contribution in [0.25, 0.3) is 0 Å². The molecular weight excluding hydrogens is 228 g/mol. The Balaban J connectivity index is 2.95. The molecule has 1 aromatic rings. The van der Waals surface area contributed by atoms with Crippen LogP contribution < -0.4 is 5.32 Å². The Kier molecular flexibility index (Phi) is 4.12. The third-order valence-electron chi connectivity index (χ3n) is 1.97. The Bertz CT molecular complexity index is 484. The van der Waals surface area contributed by atoms with Crippen LogP contribution in [0.4, 0.5) is 0 Å². The van der Waals surface area contributed by atoms with Crippen molar-refractivity contribution in [1.82, 2.24) is 9.62 Å². The smallest absolute Gasteiger partial charge is 0.277 e. The van der Waals surface area contributed by atoms with E-state index in [9.17, 15) is 8.42 Å². The molecule has 0 spiro atoms. The SMILES string of the molecule is C#CCN(C)S(=O)(=O)c1ccc(CNC)o1. The van der Waals surface area contributed by atoms with E-state index in [0.29, 0.717) is 12.3 Å². The van der Waals surface area contributed by atoms with Crippen molar-refractivity contribution in [1.29, 1.82) is 0 Å². The van der Waals surface area contributed by atoms with Crippen molar-refractivity contribution in [2.75, 3.05) is 20.6 Å². The summed E-state index contributed by atoms with van der Waals surface area (Å²) in [5.74, 6) is 2.83. The fourth-order valence-electron chi connectivity index (χ4n) is 1.13. The van der Waals surface area contributed by atoms with Crippen molar-refractivity contribution in [3.05, 3.63) is 17.9 Å². The molecular formula is C10H14N2O3S. The summed E-state index contributed by atoms with van der Waals surface area (Å²) in [7, 11) is -0.439. The molecule has 0 amide bonds. The zero-order valence-corrected chi connectivity index (χ0v) is 10.0. The molecule has 0 bridgehead atoms. The fourth-order valence-corrected chi connectivity index (χ4v) is 2.14. The second kappa shape index (κ2) is 5.16. The van der Waals surface area contributed by atoms with Gasteiger partial charge in [0.2, 0.25) is 5.09 Å². The molecule has 1 N–H and O–H groups in total. The number of nitrogens with zero attached hydrogens (tertiary/aromatic N) is 1. The lowest BCUT2D eigenvalue weighted by Gasteiger charge is -2.11. The second-order valence-corrected chi connectivity index (χ2v) is 5.19. The summed E-state index contributed by atoms with van der Waals surface area (Å²) in [5, 5.41) is 2.78. The van der Waals surface area contributed by atoms with Crippen molar-refractivity contribution >= 4 is 10.0 Å². The topological polar surface area (TPSA) is 62.6 Å². The summed E-state index contributed by atoms with van der Waals surface area (Å²) < 4.78 is 30.0. The van der Waals surface area contributed by atoms with Crippen LogP contribution in [0.5, 0.6) is 0 Å². The predicted octanol–water partition coefficient (Wildman–Crippen LogP) is 0.253. The van der Waals surface area contributed by atoms with Crippen LogP contribution in [0.1, 0.15) is 5.76 Å². The minimum Gasteiger partial charge on any atom is -0.447 e. The van der Waals surface area contributed by atoms with Crippen LogP contribution in [0, 0.1) is 12.3 Å². The Labute approximate surface area is 95.5 Å². The van der Waals surface area contributed by atoms with Crippen LogP contribution in [0.15, 0.2) is 21.6 Å². The molecule has 0 saturated carbocycles. The van der Waals surface area contributed by atoms with Gasteiger partial charge in [0, 0.05) is 7.05 Å². The summed E-state index contributed by atoms with van der Waals surface area (Å²) in [6, 6.07) is 3.04. The van der Waals surface area contributed by atoms with Gasteiger partial charge in [-0.2, -0.15) is 4.31 Å². The summed E-state index contributed by atoms with van der Waals surface area (Å²) in [6.07, 6.45) is 5.06. The van der Waals surface area contributed by atoms with Crippen LogP contribution in [0.3, 0.4) is 0 Å². The van der Waals surface area contributed by atoms with Gasteiger partial charge in [0.25, 0.3) is 10.0 Å². The predicted molar refractivity (Wildman–Crippen MR) is 60.1 cm³/mol. The number of nitrogens with one attached hydrogen (secondary N) is 1. The maximum absolute atomic E-state index is 11.9. The van der Waals surface area contributed by atoms with Crippen molar-refractivity contribution in [2.45, 2.75) is 11.6 Å². The molecule has 0 aliphatic rings. The van der Waals surface area contributed by atoms with Gasteiger partial charge in [0.1, 0.15) is 5.76 Å². The van der Waals surface area contributed by atoms with Gasteiger partial charge in [-0.25, -0.2) is 8.42 Å². The maximum atomic E-state index is 11.9. The quantitative estimate of drug-likeness (QED) is 0.752. The van der Waals surface area contributed by atoms with Crippen molar-refractivity contribution in [3.63, 3.8) is 0 Å². The van der Waals surface area contributed by atoms with Crippen LogP contribution in [-0.2, 0) is 16.6 Å². The van der Waals surface area contributed by atoms with E-state index in [0.717, 1.165) is 4.31 Å². The standard InChI is InChI=1S/C10H14N2O3S/c1-4-7-12(3)16(13,14)10-6-5-9(15-10)8-11-2/h1,5-6,11H,7-8H2,2-3H3. The fraction of sp³-hybridized carbons (Fsp3) is 0.400. The van der Waals surface area contributed by atoms with Gasteiger partial charge in [-0.15, -0.1) is 6.42 Å². The van der Waals surface area contributed by atoms with E-state index in [4.69, 9.17) is 10.8 Å². The first-order valence-corrected chi connectivity index (χ1v) is 6.09. The minimum atomic E-state index is -3.60. The summed E-state index contributed by atoms with van der Waals surface area (Å²) in [6.45, 7) is 0.499. The molecule has 0 aliphatic carbocycles. The van der Waals surface area contributed by atoms with Gasteiger partial charge < -0.3 is 9.73 Å². The summed E-state index contributed by atoms with van der Waals surface area (Å²) >= 11 is 0. The largest absolute Gasteiger partial charge is 0.447 e. The molecule has 16 heavy (non-hydrogen) atoms. The molecule has 0 unspecified atom stereocenters. The Morgan fingerprint density at radius 3 is 2.81 bits per heavy atom. The van der Waals surface area contributed by atoms with E-state index in [2.05, 4.69) is 11.2 Å². The first-order valence-electron chi connectivity index (χ1n) is 4.65. The molecule has 1 rings (SSSR count). The first-order chi connectivity index (χ1) is 7.52. The average molecular weight is 242 g/mol. The lowest BCUT2D eigenvalue weighted by Crippen LogP contribution is -2.26. The summed E-state index contributed by atoms with van der Waals surface area (Å²) in [5.41, 5.74) is 0. The number of furan rings is 1. The maximum Gasteiger partial charge on any atom is 0.277 e.